The van der Waals surface area contributed by atoms with Gasteiger partial charge in [0.05, 0.1) is 39.5 Å². The molecule has 2 heterocycles. The molecule has 1 saturated carbocycles. The molecule has 256 valence electrons. The van der Waals surface area contributed by atoms with Crippen molar-refractivity contribution in [3.8, 4) is 5.75 Å². The molecule has 2 N–H and O–H groups in total. The number of rotatable bonds is 6. The van der Waals surface area contributed by atoms with Gasteiger partial charge in [-0.15, -0.1) is 0 Å². The molecule has 4 aromatic rings. The molecule has 3 fully saturated rings. The molecule has 8 rings (SSSR count). The van der Waals surface area contributed by atoms with Gasteiger partial charge in [-0.2, -0.15) is 5.01 Å². The second-order valence-corrected chi connectivity index (χ2v) is 13.7. The third-order valence-electron chi connectivity index (χ3n) is 10.8. The van der Waals surface area contributed by atoms with E-state index in [0.717, 1.165) is 9.91 Å². The number of nitro groups is 1. The Balaban J connectivity index is 1.31. The molecular formula is C38H28ClFN4O7. The molecule has 0 spiro atoms. The van der Waals surface area contributed by atoms with Crippen LogP contribution in [-0.4, -0.2) is 38.7 Å². The lowest BCUT2D eigenvalue weighted by molar-refractivity contribution is -0.384. The fraction of sp³-hybridized carbons (Fsp3) is 0.211. The predicted octanol–water partition coefficient (Wildman–Crippen LogP) is 6.28. The molecule has 6 atom stereocenters. The molecule has 4 aromatic carbocycles. The number of phenolic OH excluding ortho intramolecular Hbond substituents is 1. The zero-order valence-electron chi connectivity index (χ0n) is 26.6. The summed E-state index contributed by atoms with van der Waals surface area (Å²) in [4.78, 5) is 70.0. The number of halogens is 2. The summed E-state index contributed by atoms with van der Waals surface area (Å²) in [7, 11) is 0. The van der Waals surface area contributed by atoms with Crippen LogP contribution in [0.4, 0.5) is 21.5 Å². The maximum atomic E-state index is 15.1. The number of nitrogens with one attached hydrogen (secondary N) is 1. The van der Waals surface area contributed by atoms with Crippen LogP contribution in [-0.2, 0) is 24.6 Å². The van der Waals surface area contributed by atoms with Crippen molar-refractivity contribution in [3.63, 3.8) is 0 Å². The number of anilines is 2. The van der Waals surface area contributed by atoms with Gasteiger partial charge in [0.25, 0.3) is 17.5 Å². The largest absolute Gasteiger partial charge is 0.508 e. The molecule has 2 saturated heterocycles. The number of nitrogens with zero attached hydrogens (tertiary/aromatic N) is 3. The van der Waals surface area contributed by atoms with Gasteiger partial charge in [0.1, 0.15) is 11.6 Å². The summed E-state index contributed by atoms with van der Waals surface area (Å²) in [5.74, 6) is -7.50. The van der Waals surface area contributed by atoms with Crippen LogP contribution < -0.4 is 10.3 Å². The van der Waals surface area contributed by atoms with Gasteiger partial charge in [-0.25, -0.2) is 9.29 Å². The van der Waals surface area contributed by atoms with Gasteiger partial charge in [0.15, 0.2) is 0 Å². The molecule has 51 heavy (non-hydrogen) atoms. The lowest BCUT2D eigenvalue weighted by Crippen LogP contribution is -2.53. The third kappa shape index (κ3) is 4.77. The number of allylic oxidation sites excluding steroid dienone is 2. The number of benzene rings is 4. The van der Waals surface area contributed by atoms with Crippen LogP contribution in [0.15, 0.2) is 109 Å². The number of aromatic hydroxyl groups is 1. The Morgan fingerprint density at radius 1 is 0.882 bits per heavy atom. The van der Waals surface area contributed by atoms with Gasteiger partial charge < -0.3 is 5.11 Å². The van der Waals surface area contributed by atoms with E-state index in [4.69, 9.17) is 11.6 Å². The van der Waals surface area contributed by atoms with Gasteiger partial charge in [-0.1, -0.05) is 59.6 Å². The van der Waals surface area contributed by atoms with E-state index in [1.165, 1.54) is 54.6 Å². The van der Waals surface area contributed by atoms with E-state index in [2.05, 4.69) is 5.43 Å². The monoisotopic (exact) mass is 706 g/mol. The molecular weight excluding hydrogens is 679 g/mol. The SMILES string of the molecule is O=C1[C@@H]2C[C@@H]3C(=CC[C@@H]4C(=O)N(c5cccc([N+](=O)[O-])c5)C(=O)[C@@H]43)[C@H](c3ccccc3O)[C@]2(c2ccc(Cl)cc2)C(=O)N1Nc1ccc(F)cc1. The highest BCUT2D eigenvalue weighted by molar-refractivity contribution is 6.30. The van der Waals surface area contributed by atoms with Crippen LogP contribution in [0.25, 0.3) is 0 Å². The minimum absolute atomic E-state index is 0.00626. The summed E-state index contributed by atoms with van der Waals surface area (Å²) >= 11 is 6.31. The first-order valence-electron chi connectivity index (χ1n) is 16.3. The molecule has 13 heteroatoms. The number of hydrogen-bond acceptors (Lipinski definition) is 8. The summed E-state index contributed by atoms with van der Waals surface area (Å²) < 4.78 is 13.8. The van der Waals surface area contributed by atoms with Gasteiger partial charge in [-0.3, -0.25) is 34.7 Å². The first kappa shape index (κ1) is 32.3. The number of phenols is 1. The maximum absolute atomic E-state index is 15.1. The first-order valence-corrected chi connectivity index (χ1v) is 16.7. The van der Waals surface area contributed by atoms with Crippen molar-refractivity contribution >= 4 is 52.3 Å². The quantitative estimate of drug-likeness (QED) is 0.103. The molecule has 2 aliphatic carbocycles. The van der Waals surface area contributed by atoms with Crippen molar-refractivity contribution in [3.05, 3.63) is 141 Å². The highest BCUT2D eigenvalue weighted by Crippen LogP contribution is 2.65. The number of hydrazine groups is 1. The number of imide groups is 2. The van der Waals surface area contributed by atoms with E-state index < -0.39 is 69.4 Å². The molecule has 0 unspecified atom stereocenters. The highest BCUT2D eigenvalue weighted by atomic mass is 35.5. The van der Waals surface area contributed by atoms with E-state index in [1.54, 1.807) is 42.5 Å². The van der Waals surface area contributed by atoms with Crippen molar-refractivity contribution in [1.29, 1.82) is 0 Å². The molecule has 11 nitrogen and oxygen atoms in total. The summed E-state index contributed by atoms with van der Waals surface area (Å²) in [6.45, 7) is 0. The Bertz CT molecular complexity index is 2190. The van der Waals surface area contributed by atoms with Crippen LogP contribution in [0.5, 0.6) is 5.75 Å². The van der Waals surface area contributed by atoms with E-state index in [1.807, 2.05) is 6.08 Å². The van der Waals surface area contributed by atoms with E-state index in [0.29, 0.717) is 21.7 Å². The smallest absolute Gasteiger partial charge is 0.271 e. The van der Waals surface area contributed by atoms with Crippen molar-refractivity contribution < 1.29 is 33.6 Å². The number of para-hydroxylation sites is 1. The second kappa shape index (κ2) is 11.9. The zero-order chi connectivity index (χ0) is 35.8. The second-order valence-electron chi connectivity index (χ2n) is 13.2. The number of carbonyl (C=O) groups is 4. The summed E-state index contributed by atoms with van der Waals surface area (Å²) in [6.07, 6.45) is 1.96. The summed E-state index contributed by atoms with van der Waals surface area (Å²) in [6, 6.07) is 23.6. The van der Waals surface area contributed by atoms with Crippen LogP contribution in [0, 0.1) is 39.6 Å². The topological polar surface area (TPSA) is 150 Å². The fourth-order valence-corrected chi connectivity index (χ4v) is 8.86. The Labute approximate surface area is 295 Å². The maximum Gasteiger partial charge on any atom is 0.271 e. The zero-order valence-corrected chi connectivity index (χ0v) is 27.4. The van der Waals surface area contributed by atoms with Crippen molar-refractivity contribution in [2.24, 2.45) is 23.7 Å². The minimum Gasteiger partial charge on any atom is -0.508 e. The van der Waals surface area contributed by atoms with E-state index in [-0.39, 0.29) is 35.7 Å². The molecule has 4 aliphatic rings. The van der Waals surface area contributed by atoms with Gasteiger partial charge >= 0.3 is 0 Å². The lowest BCUT2D eigenvalue weighted by Gasteiger charge is -2.50. The number of fused-ring (bicyclic) bond motifs is 4. The van der Waals surface area contributed by atoms with Crippen molar-refractivity contribution in [2.45, 2.75) is 24.2 Å². The average molecular weight is 707 g/mol. The van der Waals surface area contributed by atoms with Crippen LogP contribution in [0.2, 0.25) is 5.02 Å². The minimum atomic E-state index is -1.64. The summed E-state index contributed by atoms with van der Waals surface area (Å²) in [5.41, 5.74) is 2.73. The molecule has 2 aliphatic heterocycles. The molecule has 0 bridgehead atoms. The molecule has 4 amide bonds. The van der Waals surface area contributed by atoms with Crippen LogP contribution >= 0.6 is 11.6 Å². The third-order valence-corrected chi connectivity index (χ3v) is 11.1. The van der Waals surface area contributed by atoms with E-state index >= 15 is 4.79 Å². The predicted molar refractivity (Wildman–Crippen MR) is 183 cm³/mol. The fourth-order valence-electron chi connectivity index (χ4n) is 8.73. The van der Waals surface area contributed by atoms with Crippen LogP contribution in [0.3, 0.4) is 0 Å². The number of hydrogen-bond donors (Lipinski definition) is 2. The first-order chi connectivity index (χ1) is 24.5. The Hall–Kier alpha value is -5.88. The van der Waals surface area contributed by atoms with Gasteiger partial charge in [-0.05, 0) is 72.9 Å². The lowest BCUT2D eigenvalue weighted by atomic mass is 9.49. The van der Waals surface area contributed by atoms with Gasteiger partial charge in [0, 0.05) is 28.6 Å². The standard InChI is InChI=1S/C38H28ClFN4O7/c39-21-10-8-20(9-11-21)38-30(35(47)43(37(38)49)41-23-14-12-22(40)13-15-23)19-29-26(33(38)27-6-1-2-7-31(27)45)16-17-28-32(29)36(48)42(34(28)46)24-4-3-5-25(18-24)44(50)51/h1-16,18,28-30,32-33,41,45H,17,19H2/t28-,29+,30-,32-,33+,38+/m0/s1. The van der Waals surface area contributed by atoms with Crippen LogP contribution in [0.1, 0.15) is 29.9 Å². The Kier molecular flexibility index (Phi) is 7.53. The number of nitro benzene ring substituents is 1. The molecule has 0 aromatic heterocycles. The van der Waals surface area contributed by atoms with Crippen molar-refractivity contribution in [2.75, 3.05) is 10.3 Å². The van der Waals surface area contributed by atoms with Gasteiger partial charge in [0.2, 0.25) is 11.8 Å². The Morgan fingerprint density at radius 2 is 1.61 bits per heavy atom. The number of non-ortho nitro benzene ring substituents is 1. The highest BCUT2D eigenvalue weighted by Gasteiger charge is 2.70. The Morgan fingerprint density at radius 3 is 2.31 bits per heavy atom. The van der Waals surface area contributed by atoms with Crippen molar-refractivity contribution in [1.82, 2.24) is 5.01 Å². The normalized spacial score (nSPS) is 26.8. The molecule has 0 radical (unpaired) electrons. The average Bonchev–Trinajstić information content (AvgIpc) is 3.50. The summed E-state index contributed by atoms with van der Waals surface area (Å²) in [5, 5.41) is 24.3. The van der Waals surface area contributed by atoms with E-state index in [9.17, 15) is 34.0 Å². The number of carbonyl (C=O) groups excluding carboxylic acids is 4. The number of amides is 4.